The van der Waals surface area contributed by atoms with E-state index in [0.29, 0.717) is 16.9 Å². The molecule has 3 aliphatic rings. The summed E-state index contributed by atoms with van der Waals surface area (Å²) in [6.07, 6.45) is 3.35. The maximum atomic E-state index is 14.1. The first-order chi connectivity index (χ1) is 18.3. The second-order valence-corrected chi connectivity index (χ2v) is 9.11. The highest BCUT2D eigenvalue weighted by molar-refractivity contribution is 6.12. The molecule has 0 aromatic heterocycles. The zero-order valence-electron chi connectivity index (χ0n) is 21.5. The average Bonchev–Trinajstić information content (AvgIpc) is 2.91. The molecule has 3 atom stereocenters. The van der Waals surface area contributed by atoms with Crippen molar-refractivity contribution in [2.75, 3.05) is 20.3 Å². The monoisotopic (exact) mass is 517 g/mol. The average molecular weight is 518 g/mol. The minimum absolute atomic E-state index is 0.00967. The summed E-state index contributed by atoms with van der Waals surface area (Å²) in [7, 11) is 1.48. The van der Waals surface area contributed by atoms with Crippen LogP contribution in [0.25, 0.3) is 6.08 Å². The Labute approximate surface area is 219 Å². The lowest BCUT2D eigenvalue weighted by Crippen LogP contribution is -2.61. The molecule has 2 aromatic rings. The smallest absolute Gasteiger partial charge is 0.355 e. The zero-order valence-corrected chi connectivity index (χ0v) is 21.5. The van der Waals surface area contributed by atoms with E-state index in [4.69, 9.17) is 18.9 Å². The van der Waals surface area contributed by atoms with Crippen LogP contribution in [0.2, 0.25) is 0 Å². The van der Waals surface area contributed by atoms with Crippen LogP contribution < -0.4 is 9.47 Å². The van der Waals surface area contributed by atoms with Gasteiger partial charge in [0, 0.05) is 17.7 Å². The van der Waals surface area contributed by atoms with Gasteiger partial charge in [-0.05, 0) is 56.2 Å². The molecule has 0 fully saturated rings. The largest absolute Gasteiger partial charge is 0.497 e. The highest BCUT2D eigenvalue weighted by atomic mass is 16.5. The van der Waals surface area contributed by atoms with Gasteiger partial charge in [0.25, 0.3) is 0 Å². The van der Waals surface area contributed by atoms with E-state index in [9.17, 15) is 19.2 Å². The molecule has 0 radical (unpaired) electrons. The molecule has 0 aliphatic carbocycles. The van der Waals surface area contributed by atoms with Crippen LogP contribution >= 0.6 is 0 Å². The third-order valence-corrected chi connectivity index (χ3v) is 7.29. The van der Waals surface area contributed by atoms with E-state index >= 15 is 0 Å². The number of rotatable bonds is 6. The van der Waals surface area contributed by atoms with Gasteiger partial charge >= 0.3 is 17.9 Å². The van der Waals surface area contributed by atoms with Gasteiger partial charge in [0.2, 0.25) is 0 Å². The predicted molar refractivity (Wildman–Crippen MR) is 135 cm³/mol. The van der Waals surface area contributed by atoms with Crippen molar-refractivity contribution in [1.82, 2.24) is 4.90 Å². The van der Waals surface area contributed by atoms with Crippen molar-refractivity contribution in [3.05, 3.63) is 76.6 Å². The van der Waals surface area contributed by atoms with Crippen LogP contribution in [0.15, 0.2) is 59.9 Å². The van der Waals surface area contributed by atoms with Crippen molar-refractivity contribution in [3.63, 3.8) is 0 Å². The Morgan fingerprint density at radius 1 is 1.00 bits per heavy atom. The molecule has 5 rings (SSSR count). The van der Waals surface area contributed by atoms with Crippen LogP contribution in [0.3, 0.4) is 0 Å². The first-order valence-corrected chi connectivity index (χ1v) is 12.4. The van der Waals surface area contributed by atoms with Gasteiger partial charge in [0.05, 0.1) is 31.9 Å². The second-order valence-electron chi connectivity index (χ2n) is 9.11. The Balaban J connectivity index is 1.96. The van der Waals surface area contributed by atoms with Crippen molar-refractivity contribution in [1.29, 1.82) is 0 Å². The fraction of sp³-hybridized carbons (Fsp3) is 0.310. The summed E-state index contributed by atoms with van der Waals surface area (Å²) >= 11 is 0. The summed E-state index contributed by atoms with van der Waals surface area (Å²) in [5.41, 5.74) is -0.421. The van der Waals surface area contributed by atoms with E-state index < -0.39 is 41.1 Å². The van der Waals surface area contributed by atoms with Crippen LogP contribution in [0.1, 0.15) is 49.4 Å². The Morgan fingerprint density at radius 2 is 1.71 bits per heavy atom. The molecular formula is C29H27NO8. The van der Waals surface area contributed by atoms with Crippen molar-refractivity contribution in [3.8, 4) is 11.5 Å². The SMILES string of the molecule is CCOC(=O)C1=C(C(=O)OCC)N2C=Cc3ccccc3[C@@H]2[C@@]2(C(C)=O)C(=O)Oc3ccc(OC)cc3[C@@H]12. The molecule has 0 saturated carbocycles. The molecule has 9 nitrogen and oxygen atoms in total. The number of nitrogens with zero attached hydrogens (tertiary/aromatic N) is 1. The summed E-state index contributed by atoms with van der Waals surface area (Å²) in [5, 5.41) is 0. The highest BCUT2D eigenvalue weighted by Crippen LogP contribution is 2.63. The third-order valence-electron chi connectivity index (χ3n) is 7.29. The fourth-order valence-electron chi connectivity index (χ4n) is 5.80. The minimum atomic E-state index is -1.93. The first kappa shape index (κ1) is 25.3. The predicted octanol–water partition coefficient (Wildman–Crippen LogP) is 3.69. The molecule has 0 spiro atoms. The number of Topliss-reactive ketones (excluding diaryl/α,β-unsaturated/α-hetero) is 1. The summed E-state index contributed by atoms with van der Waals surface area (Å²) in [6.45, 7) is 4.65. The lowest BCUT2D eigenvalue weighted by Gasteiger charge is -2.54. The number of ether oxygens (including phenoxy) is 4. The van der Waals surface area contributed by atoms with Crippen molar-refractivity contribution >= 4 is 29.8 Å². The maximum absolute atomic E-state index is 14.1. The van der Waals surface area contributed by atoms with E-state index in [1.807, 2.05) is 12.1 Å². The molecule has 3 heterocycles. The number of hydrogen-bond acceptors (Lipinski definition) is 9. The second kappa shape index (κ2) is 9.48. The van der Waals surface area contributed by atoms with E-state index in [-0.39, 0.29) is 30.2 Å². The highest BCUT2D eigenvalue weighted by Gasteiger charge is 2.68. The van der Waals surface area contributed by atoms with Crippen LogP contribution in [0.4, 0.5) is 0 Å². The summed E-state index contributed by atoms with van der Waals surface area (Å²) in [5.74, 6) is -3.58. The number of hydrogen-bond donors (Lipinski definition) is 0. The number of carbonyl (C=O) groups is 4. The normalized spacial score (nSPS) is 22.8. The molecule has 0 bridgehead atoms. The number of fused-ring (bicyclic) bond motifs is 7. The Morgan fingerprint density at radius 3 is 2.39 bits per heavy atom. The lowest BCUT2D eigenvalue weighted by molar-refractivity contribution is -0.164. The molecule has 196 valence electrons. The number of esters is 3. The van der Waals surface area contributed by atoms with Crippen molar-refractivity contribution < 1.29 is 38.1 Å². The Hall–Kier alpha value is -4.40. The van der Waals surface area contributed by atoms with Gasteiger partial charge in [-0.1, -0.05) is 24.3 Å². The Kier molecular flexibility index (Phi) is 6.30. The summed E-state index contributed by atoms with van der Waals surface area (Å²) < 4.78 is 22.1. The van der Waals surface area contributed by atoms with Crippen LogP contribution in [-0.4, -0.2) is 48.9 Å². The van der Waals surface area contributed by atoms with Crippen molar-refractivity contribution in [2.24, 2.45) is 5.41 Å². The van der Waals surface area contributed by atoms with Gasteiger partial charge in [-0.15, -0.1) is 0 Å². The number of benzene rings is 2. The lowest BCUT2D eigenvalue weighted by atomic mass is 9.56. The van der Waals surface area contributed by atoms with Gasteiger partial charge < -0.3 is 23.8 Å². The molecule has 3 aliphatic heterocycles. The van der Waals surface area contributed by atoms with Gasteiger partial charge in [0.1, 0.15) is 17.2 Å². The summed E-state index contributed by atoms with van der Waals surface area (Å²) in [6, 6.07) is 11.0. The topological polar surface area (TPSA) is 108 Å². The number of methoxy groups -OCH3 is 1. The van der Waals surface area contributed by atoms with Crippen LogP contribution in [0, 0.1) is 5.41 Å². The standard InChI is InChI=1S/C29H27NO8/c1-5-36-26(32)22-23-20-15-18(35-4)11-12-21(20)38-28(34)29(23,16(3)31)25-19-10-8-7-9-17(19)13-14-30(25)24(22)27(33)37-6-2/h7-15,23,25H,5-6H2,1-4H3/t23-,25+,29-/m0/s1. The van der Waals surface area contributed by atoms with Gasteiger partial charge in [0.15, 0.2) is 11.2 Å². The minimum Gasteiger partial charge on any atom is -0.497 e. The quantitative estimate of drug-likeness (QED) is 0.322. The molecule has 0 saturated heterocycles. The fourth-order valence-corrected chi connectivity index (χ4v) is 5.80. The molecule has 2 aromatic carbocycles. The number of ketones is 1. The molecule has 9 heteroatoms. The van der Waals surface area contributed by atoms with Crippen molar-refractivity contribution in [2.45, 2.75) is 32.7 Å². The molecular weight excluding hydrogens is 490 g/mol. The third kappa shape index (κ3) is 3.45. The van der Waals surface area contributed by atoms with Gasteiger partial charge in [-0.2, -0.15) is 0 Å². The van der Waals surface area contributed by atoms with Gasteiger partial charge in [-0.25, -0.2) is 9.59 Å². The summed E-state index contributed by atoms with van der Waals surface area (Å²) in [4.78, 5) is 56.7. The maximum Gasteiger partial charge on any atom is 0.355 e. The Bertz CT molecular complexity index is 1420. The van der Waals surface area contributed by atoms with E-state index in [0.717, 1.165) is 5.56 Å². The molecule has 0 unspecified atom stereocenters. The van der Waals surface area contributed by atoms with Crippen LogP contribution in [-0.2, 0) is 28.7 Å². The van der Waals surface area contributed by atoms with E-state index in [1.165, 1.54) is 18.9 Å². The molecule has 38 heavy (non-hydrogen) atoms. The number of carbonyl (C=O) groups excluding carboxylic acids is 4. The molecule has 0 N–H and O–H groups in total. The van der Waals surface area contributed by atoms with Gasteiger partial charge in [-0.3, -0.25) is 9.59 Å². The van der Waals surface area contributed by atoms with Crippen LogP contribution in [0.5, 0.6) is 11.5 Å². The van der Waals surface area contributed by atoms with E-state index in [2.05, 4.69) is 0 Å². The van der Waals surface area contributed by atoms with E-state index in [1.54, 1.807) is 56.5 Å². The first-order valence-electron chi connectivity index (χ1n) is 12.4. The zero-order chi connectivity index (χ0) is 27.2. The molecule has 0 amide bonds.